The third-order valence-electron chi connectivity index (χ3n) is 4.91. The molecule has 0 unspecified atom stereocenters. The second kappa shape index (κ2) is 6.12. The van der Waals surface area contributed by atoms with Crippen LogP contribution in [0.5, 0.6) is 0 Å². The van der Waals surface area contributed by atoms with E-state index in [2.05, 4.69) is 5.32 Å². The van der Waals surface area contributed by atoms with E-state index in [1.807, 2.05) is 0 Å². The summed E-state index contributed by atoms with van der Waals surface area (Å²) in [5.74, 6) is -1.10. The summed E-state index contributed by atoms with van der Waals surface area (Å²) in [6, 6.07) is 0. The summed E-state index contributed by atoms with van der Waals surface area (Å²) in [5.41, 5.74) is -1.67. The monoisotopic (exact) mass is 283 g/mol. The molecule has 0 aromatic heterocycles. The molecule has 3 N–H and O–H groups in total. The van der Waals surface area contributed by atoms with Crippen molar-refractivity contribution in [2.75, 3.05) is 6.54 Å². The van der Waals surface area contributed by atoms with Crippen molar-refractivity contribution in [2.24, 2.45) is 5.41 Å². The van der Waals surface area contributed by atoms with Crippen LogP contribution >= 0.6 is 0 Å². The largest absolute Gasteiger partial charge is 0.481 e. The first-order valence-corrected chi connectivity index (χ1v) is 7.68. The van der Waals surface area contributed by atoms with Crippen molar-refractivity contribution in [3.8, 4) is 0 Å². The SMILES string of the molecule is O=C(CC1(C(=O)O)CCCCC1)NCC1(O)CCCC1. The van der Waals surface area contributed by atoms with E-state index in [1.54, 1.807) is 0 Å². The molecule has 20 heavy (non-hydrogen) atoms. The van der Waals surface area contributed by atoms with Crippen LogP contribution in [0.3, 0.4) is 0 Å². The minimum atomic E-state index is -0.888. The minimum absolute atomic E-state index is 0.0401. The Kier molecular flexibility index (Phi) is 4.68. The van der Waals surface area contributed by atoms with Crippen LogP contribution in [-0.2, 0) is 9.59 Å². The van der Waals surface area contributed by atoms with Gasteiger partial charge < -0.3 is 15.5 Å². The molecule has 0 bridgehead atoms. The van der Waals surface area contributed by atoms with Gasteiger partial charge in [-0.15, -0.1) is 0 Å². The van der Waals surface area contributed by atoms with Crippen LogP contribution in [0.1, 0.15) is 64.2 Å². The number of hydrogen-bond acceptors (Lipinski definition) is 3. The number of carbonyl (C=O) groups is 2. The predicted molar refractivity (Wildman–Crippen MR) is 74.2 cm³/mol. The van der Waals surface area contributed by atoms with Crippen molar-refractivity contribution in [3.63, 3.8) is 0 Å². The predicted octanol–water partition coefficient (Wildman–Crippen LogP) is 1.83. The molecule has 0 heterocycles. The molecule has 5 heteroatoms. The van der Waals surface area contributed by atoms with Crippen LogP contribution in [0.4, 0.5) is 0 Å². The molecule has 2 fully saturated rings. The Balaban J connectivity index is 1.87. The molecular formula is C15H25NO4. The lowest BCUT2D eigenvalue weighted by molar-refractivity contribution is -0.154. The maximum Gasteiger partial charge on any atom is 0.310 e. The fraction of sp³-hybridized carbons (Fsp3) is 0.867. The third-order valence-corrected chi connectivity index (χ3v) is 4.91. The zero-order valence-electron chi connectivity index (χ0n) is 12.0. The van der Waals surface area contributed by atoms with Crippen molar-refractivity contribution < 1.29 is 19.8 Å². The molecule has 2 rings (SSSR count). The Labute approximate surface area is 119 Å². The number of aliphatic hydroxyl groups is 1. The first-order valence-electron chi connectivity index (χ1n) is 7.68. The zero-order chi connectivity index (χ0) is 14.6. The number of amides is 1. The molecule has 0 aliphatic heterocycles. The number of rotatable bonds is 5. The molecule has 0 atom stereocenters. The first kappa shape index (κ1) is 15.3. The second-order valence-corrected chi connectivity index (χ2v) is 6.53. The Hall–Kier alpha value is -1.10. The molecule has 0 radical (unpaired) electrons. The van der Waals surface area contributed by atoms with Gasteiger partial charge in [-0.1, -0.05) is 32.1 Å². The normalized spacial score (nSPS) is 24.2. The summed E-state index contributed by atoms with van der Waals surface area (Å²) in [7, 11) is 0. The molecule has 2 aliphatic carbocycles. The molecule has 5 nitrogen and oxygen atoms in total. The lowest BCUT2D eigenvalue weighted by atomic mass is 9.71. The van der Waals surface area contributed by atoms with E-state index in [9.17, 15) is 19.8 Å². The van der Waals surface area contributed by atoms with E-state index in [4.69, 9.17) is 0 Å². The number of carboxylic acids is 1. The summed E-state index contributed by atoms with van der Waals surface area (Å²) in [5, 5.41) is 22.4. The Morgan fingerprint density at radius 2 is 1.50 bits per heavy atom. The van der Waals surface area contributed by atoms with Gasteiger partial charge in [0.2, 0.25) is 5.91 Å². The van der Waals surface area contributed by atoms with Crippen LogP contribution in [0.15, 0.2) is 0 Å². The van der Waals surface area contributed by atoms with Gasteiger partial charge in [0.1, 0.15) is 0 Å². The first-order chi connectivity index (χ1) is 9.46. The Morgan fingerprint density at radius 1 is 0.950 bits per heavy atom. The molecule has 0 aromatic rings. The maximum atomic E-state index is 12.0. The van der Waals surface area contributed by atoms with E-state index in [0.29, 0.717) is 12.8 Å². The molecule has 0 aromatic carbocycles. The van der Waals surface area contributed by atoms with Gasteiger partial charge in [-0.05, 0) is 25.7 Å². The lowest BCUT2D eigenvalue weighted by Crippen LogP contribution is -2.44. The van der Waals surface area contributed by atoms with Gasteiger partial charge in [0.05, 0.1) is 11.0 Å². The minimum Gasteiger partial charge on any atom is -0.481 e. The molecule has 2 aliphatic rings. The standard InChI is InChI=1S/C15H25NO4/c17-12(16-11-15(20)8-4-5-9-15)10-14(13(18)19)6-2-1-3-7-14/h20H,1-11H2,(H,16,17)(H,18,19). The molecule has 114 valence electrons. The Bertz CT molecular complexity index is 368. The summed E-state index contributed by atoms with van der Waals surface area (Å²) >= 11 is 0. The summed E-state index contributed by atoms with van der Waals surface area (Å²) in [4.78, 5) is 23.5. The molecule has 0 saturated heterocycles. The highest BCUT2D eigenvalue weighted by Crippen LogP contribution is 2.39. The number of carboxylic acid groups (broad SMARTS) is 1. The van der Waals surface area contributed by atoms with Crippen molar-refractivity contribution in [2.45, 2.75) is 69.8 Å². The summed E-state index contributed by atoms with van der Waals surface area (Å²) in [6.45, 7) is 0.252. The van der Waals surface area contributed by atoms with Crippen molar-refractivity contribution in [1.29, 1.82) is 0 Å². The molecule has 0 spiro atoms. The van der Waals surface area contributed by atoms with Gasteiger partial charge in [0.25, 0.3) is 0 Å². The highest BCUT2D eigenvalue weighted by atomic mass is 16.4. The van der Waals surface area contributed by atoms with Gasteiger partial charge in [0, 0.05) is 13.0 Å². The average Bonchev–Trinajstić information content (AvgIpc) is 2.85. The highest BCUT2D eigenvalue weighted by Gasteiger charge is 2.41. The number of aliphatic carboxylic acids is 1. The van der Waals surface area contributed by atoms with Gasteiger partial charge in [0.15, 0.2) is 0 Å². The van der Waals surface area contributed by atoms with Crippen molar-refractivity contribution in [1.82, 2.24) is 5.32 Å². The van der Waals surface area contributed by atoms with E-state index in [-0.39, 0.29) is 18.9 Å². The fourth-order valence-corrected chi connectivity index (χ4v) is 3.54. The number of carbonyl (C=O) groups excluding carboxylic acids is 1. The van der Waals surface area contributed by atoms with Gasteiger partial charge in [-0.3, -0.25) is 9.59 Å². The van der Waals surface area contributed by atoms with Gasteiger partial charge in [-0.25, -0.2) is 0 Å². The molecule has 1 amide bonds. The Morgan fingerprint density at radius 3 is 2.05 bits per heavy atom. The van der Waals surface area contributed by atoms with E-state index >= 15 is 0 Å². The molecule has 2 saturated carbocycles. The van der Waals surface area contributed by atoms with Gasteiger partial charge >= 0.3 is 5.97 Å². The van der Waals surface area contributed by atoms with E-state index in [0.717, 1.165) is 44.9 Å². The van der Waals surface area contributed by atoms with Crippen LogP contribution in [-0.4, -0.2) is 34.2 Å². The number of nitrogens with one attached hydrogen (secondary N) is 1. The van der Waals surface area contributed by atoms with Gasteiger partial charge in [-0.2, -0.15) is 0 Å². The van der Waals surface area contributed by atoms with E-state index < -0.39 is 17.0 Å². The van der Waals surface area contributed by atoms with Crippen LogP contribution in [0, 0.1) is 5.41 Å². The van der Waals surface area contributed by atoms with Crippen LogP contribution < -0.4 is 5.32 Å². The highest BCUT2D eigenvalue weighted by molar-refractivity contribution is 5.85. The van der Waals surface area contributed by atoms with Crippen molar-refractivity contribution in [3.05, 3.63) is 0 Å². The third kappa shape index (κ3) is 3.51. The average molecular weight is 283 g/mol. The van der Waals surface area contributed by atoms with Crippen LogP contribution in [0.2, 0.25) is 0 Å². The number of hydrogen-bond donors (Lipinski definition) is 3. The van der Waals surface area contributed by atoms with Crippen LogP contribution in [0.25, 0.3) is 0 Å². The fourth-order valence-electron chi connectivity index (χ4n) is 3.54. The van der Waals surface area contributed by atoms with Crippen molar-refractivity contribution >= 4 is 11.9 Å². The smallest absolute Gasteiger partial charge is 0.310 e. The zero-order valence-corrected chi connectivity index (χ0v) is 12.0. The van der Waals surface area contributed by atoms with E-state index in [1.165, 1.54) is 0 Å². The topological polar surface area (TPSA) is 86.6 Å². The second-order valence-electron chi connectivity index (χ2n) is 6.53. The summed E-state index contributed by atoms with van der Waals surface area (Å²) < 4.78 is 0. The lowest BCUT2D eigenvalue weighted by Gasteiger charge is -2.33. The summed E-state index contributed by atoms with van der Waals surface area (Å²) in [6.07, 6.45) is 7.44. The quantitative estimate of drug-likeness (QED) is 0.718. The maximum absolute atomic E-state index is 12.0. The molecular weight excluding hydrogens is 258 g/mol.